The van der Waals surface area contributed by atoms with Gasteiger partial charge in [0.1, 0.15) is 6.04 Å². The number of amides is 4. The van der Waals surface area contributed by atoms with Gasteiger partial charge in [-0.1, -0.05) is 0 Å². The van der Waals surface area contributed by atoms with Crippen LogP contribution < -0.4 is 16.0 Å². The van der Waals surface area contributed by atoms with Gasteiger partial charge in [-0.25, -0.2) is 0 Å². The molecule has 142 valence electrons. The Bertz CT molecular complexity index is 852. The highest BCUT2D eigenvalue weighted by Crippen LogP contribution is 2.32. The number of anilines is 1. The standard InChI is InChI=1S/C19H22N4O4/c1-10-2-3-11(20)9-22(10)12-4-5-13-14(8-12)19(27)23(18(13)26)15-6-7-16(24)21-17(15)25/h4-5,8,10-11,15H,2-3,6-7,9,20H2,1H3,(H,21,24,25)/t10-,11-,15?/m1/s1. The molecule has 1 unspecified atom stereocenters. The van der Waals surface area contributed by atoms with E-state index in [0.717, 1.165) is 23.4 Å². The zero-order valence-electron chi connectivity index (χ0n) is 15.1. The molecule has 2 fully saturated rings. The highest BCUT2D eigenvalue weighted by atomic mass is 16.2. The van der Waals surface area contributed by atoms with Gasteiger partial charge in [0.15, 0.2) is 0 Å². The van der Waals surface area contributed by atoms with E-state index in [1.165, 1.54) is 0 Å². The van der Waals surface area contributed by atoms with Gasteiger partial charge in [0, 0.05) is 30.7 Å². The van der Waals surface area contributed by atoms with Crippen LogP contribution in [0.25, 0.3) is 0 Å². The first-order valence-electron chi connectivity index (χ1n) is 9.24. The summed E-state index contributed by atoms with van der Waals surface area (Å²) >= 11 is 0. The van der Waals surface area contributed by atoms with Crippen molar-refractivity contribution in [3.8, 4) is 0 Å². The van der Waals surface area contributed by atoms with Crippen molar-refractivity contribution in [2.75, 3.05) is 11.4 Å². The highest BCUT2D eigenvalue weighted by Gasteiger charge is 2.44. The van der Waals surface area contributed by atoms with E-state index in [-0.39, 0.29) is 24.8 Å². The monoisotopic (exact) mass is 370 g/mol. The number of carbonyl (C=O) groups excluding carboxylic acids is 4. The largest absolute Gasteiger partial charge is 0.367 e. The zero-order chi connectivity index (χ0) is 19.3. The smallest absolute Gasteiger partial charge is 0.262 e. The number of piperidine rings is 2. The molecule has 0 spiro atoms. The van der Waals surface area contributed by atoms with E-state index in [2.05, 4.69) is 17.1 Å². The lowest BCUT2D eigenvalue weighted by Gasteiger charge is -2.38. The molecule has 3 N–H and O–H groups in total. The molecule has 8 nitrogen and oxygen atoms in total. The average Bonchev–Trinajstić information content (AvgIpc) is 2.88. The van der Waals surface area contributed by atoms with Crippen molar-refractivity contribution in [3.63, 3.8) is 0 Å². The Hall–Kier alpha value is -2.74. The lowest BCUT2D eigenvalue weighted by atomic mass is 9.98. The molecule has 0 radical (unpaired) electrons. The number of carbonyl (C=O) groups is 4. The molecule has 0 bridgehead atoms. The van der Waals surface area contributed by atoms with Crippen LogP contribution in [0.5, 0.6) is 0 Å². The predicted octanol–water partition coefficient (Wildman–Crippen LogP) is 0.404. The van der Waals surface area contributed by atoms with E-state index in [9.17, 15) is 19.2 Å². The topological polar surface area (TPSA) is 113 Å². The third-order valence-electron chi connectivity index (χ3n) is 5.67. The third-order valence-corrected chi connectivity index (χ3v) is 5.67. The molecule has 0 saturated carbocycles. The summed E-state index contributed by atoms with van der Waals surface area (Å²) in [4.78, 5) is 52.3. The molecule has 8 heteroatoms. The summed E-state index contributed by atoms with van der Waals surface area (Å²) in [5.74, 6) is -1.96. The Labute approximate surface area is 156 Å². The maximum atomic E-state index is 12.9. The molecule has 3 aliphatic rings. The van der Waals surface area contributed by atoms with Gasteiger partial charge < -0.3 is 10.6 Å². The van der Waals surface area contributed by atoms with Gasteiger partial charge >= 0.3 is 0 Å². The molecule has 0 aromatic heterocycles. The summed E-state index contributed by atoms with van der Waals surface area (Å²) in [6.45, 7) is 2.81. The van der Waals surface area contributed by atoms with E-state index < -0.39 is 23.8 Å². The van der Waals surface area contributed by atoms with Crippen molar-refractivity contribution < 1.29 is 19.2 Å². The first kappa shape index (κ1) is 17.7. The number of nitrogens with two attached hydrogens (primary N) is 1. The second kappa shape index (κ2) is 6.45. The number of fused-ring (bicyclic) bond motifs is 1. The number of nitrogens with one attached hydrogen (secondary N) is 1. The molecule has 3 atom stereocenters. The average molecular weight is 370 g/mol. The lowest BCUT2D eigenvalue weighted by Crippen LogP contribution is -2.54. The Morgan fingerprint density at radius 2 is 1.78 bits per heavy atom. The van der Waals surface area contributed by atoms with E-state index in [0.29, 0.717) is 23.7 Å². The molecule has 1 aromatic carbocycles. The van der Waals surface area contributed by atoms with Crippen LogP contribution in [0.4, 0.5) is 5.69 Å². The van der Waals surface area contributed by atoms with Crippen molar-refractivity contribution in [1.29, 1.82) is 0 Å². The van der Waals surface area contributed by atoms with Crippen LogP contribution in [-0.4, -0.2) is 53.2 Å². The Morgan fingerprint density at radius 1 is 1.04 bits per heavy atom. The molecular weight excluding hydrogens is 348 g/mol. The van der Waals surface area contributed by atoms with Crippen molar-refractivity contribution in [1.82, 2.24) is 10.2 Å². The first-order chi connectivity index (χ1) is 12.9. The van der Waals surface area contributed by atoms with E-state index >= 15 is 0 Å². The molecule has 2 saturated heterocycles. The molecule has 3 aliphatic heterocycles. The second-order valence-electron chi connectivity index (χ2n) is 7.52. The van der Waals surface area contributed by atoms with Crippen LogP contribution in [-0.2, 0) is 9.59 Å². The van der Waals surface area contributed by atoms with Crippen molar-refractivity contribution >= 4 is 29.3 Å². The van der Waals surface area contributed by atoms with Crippen LogP contribution in [0.3, 0.4) is 0 Å². The minimum absolute atomic E-state index is 0.0757. The molecular formula is C19H22N4O4. The fraction of sp³-hybridized carbons (Fsp3) is 0.474. The number of benzene rings is 1. The molecule has 27 heavy (non-hydrogen) atoms. The highest BCUT2D eigenvalue weighted by molar-refractivity contribution is 6.23. The maximum Gasteiger partial charge on any atom is 0.262 e. The Morgan fingerprint density at radius 3 is 2.52 bits per heavy atom. The SMILES string of the molecule is C[C@@H]1CC[C@@H](N)CN1c1ccc2c(c1)C(=O)N(C1CCC(=O)NC1=O)C2=O. The molecule has 4 rings (SSSR count). The summed E-state index contributed by atoms with van der Waals surface area (Å²) in [7, 11) is 0. The first-order valence-corrected chi connectivity index (χ1v) is 9.24. The van der Waals surface area contributed by atoms with Gasteiger partial charge in [-0.05, 0) is 44.4 Å². The van der Waals surface area contributed by atoms with Gasteiger partial charge in [-0.15, -0.1) is 0 Å². The second-order valence-corrected chi connectivity index (χ2v) is 7.52. The molecule has 1 aromatic rings. The van der Waals surface area contributed by atoms with Crippen LogP contribution in [0.2, 0.25) is 0 Å². The minimum Gasteiger partial charge on any atom is -0.367 e. The van der Waals surface area contributed by atoms with Gasteiger partial charge in [0.2, 0.25) is 11.8 Å². The summed E-state index contributed by atoms with van der Waals surface area (Å²) in [6.07, 6.45) is 2.19. The van der Waals surface area contributed by atoms with Crippen LogP contribution >= 0.6 is 0 Å². The van der Waals surface area contributed by atoms with E-state index in [1.807, 2.05) is 6.07 Å². The van der Waals surface area contributed by atoms with Crippen molar-refractivity contribution in [3.05, 3.63) is 29.3 Å². The van der Waals surface area contributed by atoms with E-state index in [1.54, 1.807) is 12.1 Å². The van der Waals surface area contributed by atoms with Crippen molar-refractivity contribution in [2.24, 2.45) is 5.73 Å². The summed E-state index contributed by atoms with van der Waals surface area (Å²) in [6, 6.07) is 4.61. The fourth-order valence-corrected chi connectivity index (χ4v) is 4.13. The minimum atomic E-state index is -0.944. The summed E-state index contributed by atoms with van der Waals surface area (Å²) < 4.78 is 0. The molecule has 4 amide bonds. The Kier molecular flexibility index (Phi) is 4.22. The van der Waals surface area contributed by atoms with E-state index in [4.69, 9.17) is 5.73 Å². The predicted molar refractivity (Wildman–Crippen MR) is 97.1 cm³/mol. The molecule has 0 aliphatic carbocycles. The summed E-state index contributed by atoms with van der Waals surface area (Å²) in [5.41, 5.74) is 7.53. The number of rotatable bonds is 2. The van der Waals surface area contributed by atoms with Crippen molar-refractivity contribution in [2.45, 2.75) is 50.7 Å². The van der Waals surface area contributed by atoms with Gasteiger partial charge in [0.25, 0.3) is 11.8 Å². The third kappa shape index (κ3) is 2.90. The van der Waals surface area contributed by atoms with Crippen LogP contribution in [0, 0.1) is 0 Å². The number of nitrogens with zero attached hydrogens (tertiary/aromatic N) is 2. The fourth-order valence-electron chi connectivity index (χ4n) is 4.13. The number of hydrogen-bond donors (Lipinski definition) is 2. The number of hydrogen-bond acceptors (Lipinski definition) is 6. The van der Waals surface area contributed by atoms with Crippen LogP contribution in [0.15, 0.2) is 18.2 Å². The zero-order valence-corrected chi connectivity index (χ0v) is 15.1. The van der Waals surface area contributed by atoms with Gasteiger partial charge in [-0.3, -0.25) is 29.4 Å². The molecule has 3 heterocycles. The maximum absolute atomic E-state index is 12.9. The lowest BCUT2D eigenvalue weighted by molar-refractivity contribution is -0.136. The summed E-state index contributed by atoms with van der Waals surface area (Å²) in [5, 5.41) is 2.20. The van der Waals surface area contributed by atoms with Gasteiger partial charge in [-0.2, -0.15) is 0 Å². The Balaban J connectivity index is 1.64. The number of imide groups is 2. The quantitative estimate of drug-likeness (QED) is 0.729. The van der Waals surface area contributed by atoms with Gasteiger partial charge in [0.05, 0.1) is 11.1 Å². The normalized spacial score (nSPS) is 28.4. The van der Waals surface area contributed by atoms with Crippen LogP contribution in [0.1, 0.15) is 53.3 Å².